The fourth-order valence-electron chi connectivity index (χ4n) is 5.93. The summed E-state index contributed by atoms with van der Waals surface area (Å²) in [5, 5.41) is 3.46. The minimum atomic E-state index is -0.409. The number of rotatable bonds is 12. The van der Waals surface area contributed by atoms with Gasteiger partial charge in [-0.05, 0) is 75.2 Å². The Kier molecular flexibility index (Phi) is 8.08. The molecule has 1 fully saturated rings. The lowest BCUT2D eigenvalue weighted by molar-refractivity contribution is 0.126. The Morgan fingerprint density at radius 2 is 0.977 bits per heavy atom. The SMILES string of the molecule is O=c1ccc2cc3ccoc3c(OCCCCN3CCN(CCCCOc4c5occc5cc5ccc(=O)oc45)CC3)c2o1. The average Bonchev–Trinajstić information content (AvgIpc) is 3.70. The highest BCUT2D eigenvalue weighted by Crippen LogP contribution is 2.36. The Balaban J connectivity index is 0.822. The van der Waals surface area contributed by atoms with Gasteiger partial charge in [0.05, 0.1) is 25.7 Å². The molecule has 2 aromatic carbocycles. The van der Waals surface area contributed by atoms with Crippen LogP contribution in [0.15, 0.2) is 88.3 Å². The van der Waals surface area contributed by atoms with Crippen molar-refractivity contribution in [3.05, 3.63) is 81.9 Å². The van der Waals surface area contributed by atoms with E-state index in [-0.39, 0.29) is 0 Å². The predicted octanol–water partition coefficient (Wildman–Crippen LogP) is 6.03. The largest absolute Gasteiger partial charge is 0.486 e. The summed E-state index contributed by atoms with van der Waals surface area (Å²) in [6.07, 6.45) is 7.05. The third kappa shape index (κ3) is 5.95. The Labute approximate surface area is 252 Å². The molecule has 0 aliphatic carbocycles. The van der Waals surface area contributed by atoms with Gasteiger partial charge in [-0.3, -0.25) is 0 Å². The fourth-order valence-corrected chi connectivity index (χ4v) is 5.93. The lowest BCUT2D eigenvalue weighted by Gasteiger charge is -2.34. The summed E-state index contributed by atoms with van der Waals surface area (Å²) in [6.45, 7) is 7.27. The summed E-state index contributed by atoms with van der Waals surface area (Å²) in [4.78, 5) is 28.7. The smallest absolute Gasteiger partial charge is 0.336 e. The lowest BCUT2D eigenvalue weighted by atomic mass is 10.1. The van der Waals surface area contributed by atoms with Crippen LogP contribution in [0, 0.1) is 0 Å². The minimum absolute atomic E-state index is 0.409. The van der Waals surface area contributed by atoms with Crippen LogP contribution in [-0.4, -0.2) is 62.3 Å². The van der Waals surface area contributed by atoms with Gasteiger partial charge in [0.2, 0.25) is 11.5 Å². The Hall–Kier alpha value is -4.54. The van der Waals surface area contributed by atoms with Crippen LogP contribution < -0.4 is 20.7 Å². The van der Waals surface area contributed by atoms with E-state index in [9.17, 15) is 9.59 Å². The maximum Gasteiger partial charge on any atom is 0.336 e. The molecule has 0 radical (unpaired) electrons. The second-order valence-electron chi connectivity index (χ2n) is 11.2. The van der Waals surface area contributed by atoms with Gasteiger partial charge in [0.15, 0.2) is 22.3 Å². The first-order valence-electron chi connectivity index (χ1n) is 15.2. The molecule has 0 bridgehead atoms. The molecular weight excluding hydrogens is 564 g/mol. The Bertz CT molecular complexity index is 1870. The highest BCUT2D eigenvalue weighted by atomic mass is 16.5. The first kappa shape index (κ1) is 28.2. The number of benzene rings is 2. The van der Waals surface area contributed by atoms with Gasteiger partial charge in [-0.25, -0.2) is 9.59 Å². The molecule has 44 heavy (non-hydrogen) atoms. The highest BCUT2D eigenvalue weighted by Gasteiger charge is 2.18. The number of hydrogen-bond acceptors (Lipinski definition) is 10. The number of piperazine rings is 1. The second-order valence-corrected chi connectivity index (χ2v) is 11.2. The lowest BCUT2D eigenvalue weighted by Crippen LogP contribution is -2.46. The van der Waals surface area contributed by atoms with Gasteiger partial charge in [0.25, 0.3) is 0 Å². The topological polar surface area (TPSA) is 112 Å². The normalized spacial score (nSPS) is 14.7. The van der Waals surface area contributed by atoms with E-state index >= 15 is 0 Å². The fraction of sp³-hybridized carbons (Fsp3) is 0.353. The average molecular weight is 599 g/mol. The van der Waals surface area contributed by atoms with Crippen molar-refractivity contribution in [2.24, 2.45) is 0 Å². The Morgan fingerprint density at radius 3 is 1.43 bits per heavy atom. The molecule has 6 aromatic rings. The molecule has 0 spiro atoms. The summed E-state index contributed by atoms with van der Waals surface area (Å²) in [6, 6.07) is 14.0. The predicted molar refractivity (Wildman–Crippen MR) is 167 cm³/mol. The zero-order valence-electron chi connectivity index (χ0n) is 24.4. The Morgan fingerprint density at radius 1 is 0.545 bits per heavy atom. The van der Waals surface area contributed by atoms with Crippen LogP contribution in [0.5, 0.6) is 11.5 Å². The standard InChI is InChI=1S/C34H34N2O8/c37-27-7-5-23-21-25-9-19-41-29(25)33(31(23)43-27)39-17-3-1-11-35-13-15-36(16-14-35)12-2-4-18-40-34-30-26(10-20-42-30)22-24-6-8-28(38)44-32(24)34/h5-10,19-22H,1-4,11-18H2. The molecule has 228 valence electrons. The summed E-state index contributed by atoms with van der Waals surface area (Å²) < 4.78 is 34.4. The van der Waals surface area contributed by atoms with Crippen molar-refractivity contribution in [3.63, 3.8) is 0 Å². The van der Waals surface area contributed by atoms with Crippen LogP contribution >= 0.6 is 0 Å². The molecule has 5 heterocycles. The molecule has 0 saturated carbocycles. The van der Waals surface area contributed by atoms with E-state index in [1.54, 1.807) is 24.7 Å². The van der Waals surface area contributed by atoms with Crippen LogP contribution in [0.2, 0.25) is 0 Å². The maximum atomic E-state index is 11.8. The van der Waals surface area contributed by atoms with Gasteiger partial charge >= 0.3 is 11.3 Å². The molecule has 0 unspecified atom stereocenters. The van der Waals surface area contributed by atoms with Crippen molar-refractivity contribution in [2.75, 3.05) is 52.5 Å². The van der Waals surface area contributed by atoms with Crippen LogP contribution in [0.1, 0.15) is 25.7 Å². The van der Waals surface area contributed by atoms with Crippen molar-refractivity contribution < 1.29 is 27.1 Å². The number of fused-ring (bicyclic) bond motifs is 4. The van der Waals surface area contributed by atoms with Crippen molar-refractivity contribution in [3.8, 4) is 11.5 Å². The van der Waals surface area contributed by atoms with Gasteiger partial charge in [-0.15, -0.1) is 0 Å². The maximum absolute atomic E-state index is 11.8. The summed E-state index contributed by atoms with van der Waals surface area (Å²) >= 11 is 0. The quantitative estimate of drug-likeness (QED) is 0.122. The van der Waals surface area contributed by atoms with E-state index in [0.717, 1.165) is 86.5 Å². The highest BCUT2D eigenvalue weighted by molar-refractivity contribution is 6.00. The molecule has 0 atom stereocenters. The summed E-state index contributed by atoms with van der Waals surface area (Å²) in [7, 11) is 0. The van der Waals surface area contributed by atoms with Crippen LogP contribution in [-0.2, 0) is 0 Å². The zero-order chi connectivity index (χ0) is 29.9. The van der Waals surface area contributed by atoms with Gasteiger partial charge in [0, 0.05) is 59.9 Å². The molecule has 10 heteroatoms. The third-order valence-corrected chi connectivity index (χ3v) is 8.26. The van der Waals surface area contributed by atoms with Crippen molar-refractivity contribution >= 4 is 43.9 Å². The summed E-state index contributed by atoms with van der Waals surface area (Å²) in [5.74, 6) is 0.995. The van der Waals surface area contributed by atoms with Crippen LogP contribution in [0.25, 0.3) is 43.9 Å². The van der Waals surface area contributed by atoms with E-state index in [4.69, 9.17) is 27.1 Å². The molecule has 10 nitrogen and oxygen atoms in total. The molecule has 1 aliphatic rings. The molecule has 0 N–H and O–H groups in total. The summed E-state index contributed by atoms with van der Waals surface area (Å²) in [5.41, 5.74) is 1.25. The van der Waals surface area contributed by atoms with E-state index in [1.165, 1.54) is 12.1 Å². The first-order valence-corrected chi connectivity index (χ1v) is 15.2. The van der Waals surface area contributed by atoms with Gasteiger partial charge in [-0.1, -0.05) is 0 Å². The second kappa shape index (κ2) is 12.6. The molecular formula is C34H34N2O8. The molecule has 0 amide bonds. The first-order chi connectivity index (χ1) is 21.6. The van der Waals surface area contributed by atoms with Gasteiger partial charge in [-0.2, -0.15) is 0 Å². The number of furan rings is 2. The molecule has 1 saturated heterocycles. The van der Waals surface area contributed by atoms with Crippen LogP contribution in [0.3, 0.4) is 0 Å². The third-order valence-electron chi connectivity index (χ3n) is 8.26. The van der Waals surface area contributed by atoms with Crippen molar-refractivity contribution in [2.45, 2.75) is 25.7 Å². The van der Waals surface area contributed by atoms with Crippen molar-refractivity contribution in [1.82, 2.24) is 9.80 Å². The minimum Gasteiger partial charge on any atom is -0.486 e. The van der Waals surface area contributed by atoms with E-state index < -0.39 is 11.3 Å². The van der Waals surface area contributed by atoms with Crippen molar-refractivity contribution in [1.29, 1.82) is 0 Å². The number of unbranched alkanes of at least 4 members (excludes halogenated alkanes) is 2. The molecule has 7 rings (SSSR count). The van der Waals surface area contributed by atoms with E-state index in [1.807, 2.05) is 24.3 Å². The number of ether oxygens (including phenoxy) is 2. The van der Waals surface area contributed by atoms with Gasteiger partial charge < -0.3 is 36.9 Å². The molecule has 4 aromatic heterocycles. The number of nitrogens with zero attached hydrogens (tertiary/aromatic N) is 2. The zero-order valence-corrected chi connectivity index (χ0v) is 24.4. The number of hydrogen-bond donors (Lipinski definition) is 0. The van der Waals surface area contributed by atoms with Gasteiger partial charge in [0.1, 0.15) is 0 Å². The van der Waals surface area contributed by atoms with Crippen LogP contribution in [0.4, 0.5) is 0 Å². The van der Waals surface area contributed by atoms with E-state index in [2.05, 4.69) is 9.80 Å². The molecule has 1 aliphatic heterocycles. The monoisotopic (exact) mass is 598 g/mol. The van der Waals surface area contributed by atoms with E-state index in [0.29, 0.717) is 47.0 Å².